The summed E-state index contributed by atoms with van der Waals surface area (Å²) in [5.41, 5.74) is 3.68. The number of aryl methyl sites for hydroxylation is 2. The van der Waals surface area contributed by atoms with E-state index in [1.165, 1.54) is 16.7 Å². The summed E-state index contributed by atoms with van der Waals surface area (Å²) in [6.07, 6.45) is 1.90. The van der Waals surface area contributed by atoms with Gasteiger partial charge in [0.25, 0.3) is 5.91 Å². The molecule has 144 valence electrons. The van der Waals surface area contributed by atoms with E-state index in [0.717, 1.165) is 22.4 Å². The Bertz CT molecular complexity index is 988. The van der Waals surface area contributed by atoms with Gasteiger partial charge >= 0.3 is 0 Å². The van der Waals surface area contributed by atoms with Gasteiger partial charge in [-0.3, -0.25) is 14.5 Å². The Morgan fingerprint density at radius 2 is 2.00 bits per heavy atom. The predicted octanol–water partition coefficient (Wildman–Crippen LogP) is 5.19. The number of carbonyl (C=O) groups excluding carboxylic acids is 2. The van der Waals surface area contributed by atoms with Gasteiger partial charge in [0.2, 0.25) is 5.91 Å². The number of nitrogens with zero attached hydrogens (tertiary/aromatic N) is 1. The van der Waals surface area contributed by atoms with Gasteiger partial charge in [0.05, 0.1) is 4.91 Å². The minimum Gasteiger partial charge on any atom is -0.326 e. The van der Waals surface area contributed by atoms with E-state index in [9.17, 15) is 9.59 Å². The molecule has 0 aliphatic carbocycles. The summed E-state index contributed by atoms with van der Waals surface area (Å²) in [6.45, 7) is 4.19. The van der Waals surface area contributed by atoms with Crippen molar-refractivity contribution in [3.8, 4) is 0 Å². The lowest BCUT2D eigenvalue weighted by molar-refractivity contribution is -0.122. The first-order valence-electron chi connectivity index (χ1n) is 8.72. The number of halogens is 1. The van der Waals surface area contributed by atoms with E-state index in [1.807, 2.05) is 50.2 Å². The SMILES string of the molecule is Cc1ccc(NC(=O)CCN2C(=O)/C(=C\c3ccccc3Cl)SC2=S)c(C)c1. The van der Waals surface area contributed by atoms with Crippen LogP contribution >= 0.6 is 35.6 Å². The maximum atomic E-state index is 12.7. The molecular formula is C21H19ClN2O2S2. The Morgan fingerprint density at radius 1 is 1.25 bits per heavy atom. The second-order valence-corrected chi connectivity index (χ2v) is 8.55. The molecule has 1 aliphatic rings. The number of hydrogen-bond acceptors (Lipinski definition) is 4. The van der Waals surface area contributed by atoms with E-state index in [1.54, 1.807) is 12.1 Å². The van der Waals surface area contributed by atoms with Crippen molar-refractivity contribution in [2.75, 3.05) is 11.9 Å². The lowest BCUT2D eigenvalue weighted by Gasteiger charge is -2.15. The molecule has 0 aromatic heterocycles. The molecule has 1 N–H and O–H groups in total. The van der Waals surface area contributed by atoms with Crippen molar-refractivity contribution >= 4 is 63.5 Å². The minimum absolute atomic E-state index is 0.156. The molecule has 1 saturated heterocycles. The molecule has 4 nitrogen and oxygen atoms in total. The van der Waals surface area contributed by atoms with Gasteiger partial charge in [0.15, 0.2) is 0 Å². The highest BCUT2D eigenvalue weighted by molar-refractivity contribution is 8.26. The van der Waals surface area contributed by atoms with Crippen molar-refractivity contribution in [1.82, 2.24) is 4.90 Å². The van der Waals surface area contributed by atoms with Crippen LogP contribution in [0.15, 0.2) is 47.4 Å². The molecule has 1 aliphatic heterocycles. The second kappa shape index (κ2) is 8.90. The zero-order valence-corrected chi connectivity index (χ0v) is 17.9. The highest BCUT2D eigenvalue weighted by Crippen LogP contribution is 2.33. The summed E-state index contributed by atoms with van der Waals surface area (Å²) in [5.74, 6) is -0.356. The molecule has 2 aromatic rings. The molecule has 1 fully saturated rings. The van der Waals surface area contributed by atoms with Crippen LogP contribution in [0.25, 0.3) is 6.08 Å². The van der Waals surface area contributed by atoms with E-state index in [4.69, 9.17) is 23.8 Å². The number of nitrogens with one attached hydrogen (secondary N) is 1. The van der Waals surface area contributed by atoms with Gasteiger partial charge in [-0.05, 0) is 43.2 Å². The van der Waals surface area contributed by atoms with E-state index < -0.39 is 0 Å². The Hall–Kier alpha value is -2.15. The lowest BCUT2D eigenvalue weighted by atomic mass is 10.1. The summed E-state index contributed by atoms with van der Waals surface area (Å²) >= 11 is 12.7. The van der Waals surface area contributed by atoms with Crippen LogP contribution in [0, 0.1) is 13.8 Å². The zero-order valence-electron chi connectivity index (χ0n) is 15.5. The molecule has 0 radical (unpaired) electrons. The number of thiocarbonyl (C=S) groups is 1. The van der Waals surface area contributed by atoms with Crippen LogP contribution in [0.1, 0.15) is 23.1 Å². The standard InChI is InChI=1S/C21H19ClN2O2S2/c1-13-7-8-17(14(2)11-13)23-19(25)9-10-24-20(26)18(28-21(24)27)12-15-5-3-4-6-16(15)22/h3-8,11-12H,9-10H2,1-2H3,(H,23,25)/b18-12+. The first kappa shape index (κ1) is 20.6. The fourth-order valence-electron chi connectivity index (χ4n) is 2.81. The molecule has 0 atom stereocenters. The number of anilines is 1. The molecular weight excluding hydrogens is 412 g/mol. The molecule has 0 spiro atoms. The molecule has 0 bridgehead atoms. The number of rotatable bonds is 5. The molecule has 0 saturated carbocycles. The van der Waals surface area contributed by atoms with E-state index in [0.29, 0.717) is 14.2 Å². The predicted molar refractivity (Wildman–Crippen MR) is 120 cm³/mol. The Kier molecular flexibility index (Phi) is 6.54. The van der Waals surface area contributed by atoms with Gasteiger partial charge in [-0.15, -0.1) is 0 Å². The van der Waals surface area contributed by atoms with Crippen molar-refractivity contribution < 1.29 is 9.59 Å². The highest BCUT2D eigenvalue weighted by atomic mass is 35.5. The van der Waals surface area contributed by atoms with Crippen LogP contribution in [-0.4, -0.2) is 27.6 Å². The van der Waals surface area contributed by atoms with E-state index >= 15 is 0 Å². The van der Waals surface area contributed by atoms with Crippen molar-refractivity contribution in [2.45, 2.75) is 20.3 Å². The summed E-state index contributed by atoms with van der Waals surface area (Å²) < 4.78 is 0.447. The number of thioether (sulfide) groups is 1. The van der Waals surface area contributed by atoms with Gasteiger partial charge in [-0.25, -0.2) is 0 Å². The summed E-state index contributed by atoms with van der Waals surface area (Å²) in [7, 11) is 0. The number of amides is 2. The van der Waals surface area contributed by atoms with Gasteiger partial charge in [-0.1, -0.05) is 71.5 Å². The molecule has 28 heavy (non-hydrogen) atoms. The maximum absolute atomic E-state index is 12.7. The Labute approximate surface area is 178 Å². The average molecular weight is 431 g/mol. The van der Waals surface area contributed by atoms with Crippen LogP contribution < -0.4 is 5.32 Å². The monoisotopic (exact) mass is 430 g/mol. The van der Waals surface area contributed by atoms with Crippen molar-refractivity contribution in [2.24, 2.45) is 0 Å². The largest absolute Gasteiger partial charge is 0.326 e. The van der Waals surface area contributed by atoms with Gasteiger partial charge in [0, 0.05) is 23.7 Å². The summed E-state index contributed by atoms with van der Waals surface area (Å²) in [5, 5.41) is 3.46. The van der Waals surface area contributed by atoms with Crippen LogP contribution in [0.2, 0.25) is 5.02 Å². The third-order valence-electron chi connectivity index (χ3n) is 4.28. The van der Waals surface area contributed by atoms with Crippen LogP contribution in [0.4, 0.5) is 5.69 Å². The number of carbonyl (C=O) groups is 2. The first-order valence-corrected chi connectivity index (χ1v) is 10.3. The van der Waals surface area contributed by atoms with Gasteiger partial charge < -0.3 is 5.32 Å². The quantitative estimate of drug-likeness (QED) is 0.524. The fourth-order valence-corrected chi connectivity index (χ4v) is 4.30. The average Bonchev–Trinajstić information content (AvgIpc) is 2.91. The summed E-state index contributed by atoms with van der Waals surface area (Å²) in [4.78, 5) is 26.9. The molecule has 1 heterocycles. The smallest absolute Gasteiger partial charge is 0.266 e. The second-order valence-electron chi connectivity index (χ2n) is 6.47. The third kappa shape index (κ3) is 4.82. The minimum atomic E-state index is -0.200. The number of benzene rings is 2. The van der Waals surface area contributed by atoms with Crippen molar-refractivity contribution in [3.63, 3.8) is 0 Å². The van der Waals surface area contributed by atoms with E-state index in [2.05, 4.69) is 5.32 Å². The van der Waals surface area contributed by atoms with E-state index in [-0.39, 0.29) is 24.8 Å². The summed E-state index contributed by atoms with van der Waals surface area (Å²) in [6, 6.07) is 13.1. The molecule has 2 amide bonds. The van der Waals surface area contributed by atoms with Gasteiger partial charge in [0.1, 0.15) is 4.32 Å². The van der Waals surface area contributed by atoms with Crippen LogP contribution in [0.5, 0.6) is 0 Å². The topological polar surface area (TPSA) is 49.4 Å². The van der Waals surface area contributed by atoms with Crippen molar-refractivity contribution in [3.05, 3.63) is 69.1 Å². The van der Waals surface area contributed by atoms with Gasteiger partial charge in [-0.2, -0.15) is 0 Å². The first-order chi connectivity index (χ1) is 13.3. The maximum Gasteiger partial charge on any atom is 0.266 e. The third-order valence-corrected chi connectivity index (χ3v) is 6.01. The zero-order chi connectivity index (χ0) is 20.3. The van der Waals surface area contributed by atoms with Crippen LogP contribution in [-0.2, 0) is 9.59 Å². The Morgan fingerprint density at radius 3 is 2.71 bits per heavy atom. The Balaban J connectivity index is 1.63. The fraction of sp³-hybridized carbons (Fsp3) is 0.190. The van der Waals surface area contributed by atoms with Crippen LogP contribution in [0.3, 0.4) is 0 Å². The molecule has 0 unspecified atom stereocenters. The number of hydrogen-bond donors (Lipinski definition) is 1. The molecule has 2 aromatic carbocycles. The van der Waals surface area contributed by atoms with Crippen molar-refractivity contribution in [1.29, 1.82) is 0 Å². The molecule has 7 heteroatoms. The lowest BCUT2D eigenvalue weighted by Crippen LogP contribution is -2.31. The normalized spacial score (nSPS) is 15.4. The molecule has 3 rings (SSSR count). The highest BCUT2D eigenvalue weighted by Gasteiger charge is 2.32.